The second-order valence-electron chi connectivity index (χ2n) is 8.92. The molecule has 1 fully saturated rings. The van der Waals surface area contributed by atoms with E-state index in [4.69, 9.17) is 9.47 Å². The first-order valence-corrected chi connectivity index (χ1v) is 10.4. The van der Waals surface area contributed by atoms with Crippen LogP contribution in [0.1, 0.15) is 49.3 Å². The van der Waals surface area contributed by atoms with Gasteiger partial charge in [-0.25, -0.2) is 9.59 Å². The van der Waals surface area contributed by atoms with Crippen molar-refractivity contribution in [3.05, 3.63) is 59.2 Å². The van der Waals surface area contributed by atoms with Gasteiger partial charge >= 0.3 is 12.0 Å². The van der Waals surface area contributed by atoms with Crippen molar-refractivity contribution in [2.45, 2.75) is 50.8 Å². The molecule has 0 saturated carbocycles. The molecule has 2 aromatic carbocycles. The Hall–Kier alpha value is -3.22. The molecule has 31 heavy (non-hydrogen) atoms. The molecular weight excluding hydrogens is 396 g/mol. The highest BCUT2D eigenvalue weighted by atomic mass is 16.6. The summed E-state index contributed by atoms with van der Waals surface area (Å²) < 4.78 is 16.8. The number of hydrogen-bond donors (Lipinski definition) is 2. The van der Waals surface area contributed by atoms with Gasteiger partial charge in [0.05, 0.1) is 7.11 Å². The second-order valence-corrected chi connectivity index (χ2v) is 8.92. The van der Waals surface area contributed by atoms with Gasteiger partial charge in [0.15, 0.2) is 12.3 Å². The zero-order valence-corrected chi connectivity index (χ0v) is 18.3. The number of benzene rings is 2. The Bertz CT molecular complexity index is 1000. The first-order chi connectivity index (χ1) is 14.7. The second kappa shape index (κ2) is 7.80. The van der Waals surface area contributed by atoms with Crippen LogP contribution < -0.4 is 20.1 Å². The number of carbonyl (C=O) groups is 2. The van der Waals surface area contributed by atoms with Gasteiger partial charge < -0.3 is 24.8 Å². The molecule has 0 aliphatic carbocycles. The van der Waals surface area contributed by atoms with Crippen LogP contribution in [0.5, 0.6) is 11.5 Å². The van der Waals surface area contributed by atoms with E-state index in [-0.39, 0.29) is 18.6 Å². The molecule has 4 rings (SSSR count). The van der Waals surface area contributed by atoms with Crippen molar-refractivity contribution in [2.24, 2.45) is 0 Å². The Morgan fingerprint density at radius 1 is 1.19 bits per heavy atom. The normalized spacial score (nSPS) is 23.7. The third kappa shape index (κ3) is 4.31. The Kier molecular flexibility index (Phi) is 5.29. The van der Waals surface area contributed by atoms with E-state index in [9.17, 15) is 9.59 Å². The summed E-state index contributed by atoms with van der Waals surface area (Å²) in [6.45, 7) is 5.80. The first kappa shape index (κ1) is 21.0. The topological polar surface area (TPSA) is 85.9 Å². The third-order valence-electron chi connectivity index (χ3n) is 5.82. The van der Waals surface area contributed by atoms with Crippen molar-refractivity contribution in [3.8, 4) is 11.5 Å². The zero-order chi connectivity index (χ0) is 22.2. The lowest BCUT2D eigenvalue weighted by atomic mass is 9.76. The predicted molar refractivity (Wildman–Crippen MR) is 115 cm³/mol. The summed E-state index contributed by atoms with van der Waals surface area (Å²) >= 11 is 0. The first-order valence-electron chi connectivity index (χ1n) is 10.4. The lowest BCUT2D eigenvalue weighted by Crippen LogP contribution is -2.69. The van der Waals surface area contributed by atoms with E-state index in [1.807, 2.05) is 45.0 Å². The fourth-order valence-electron chi connectivity index (χ4n) is 4.74. The number of fused-ring (bicyclic) bond motifs is 1. The Balaban J connectivity index is 1.78. The minimum Gasteiger partial charge on any atom is -0.482 e. The Labute approximate surface area is 182 Å². The molecule has 2 N–H and O–H groups in total. The van der Waals surface area contributed by atoms with Gasteiger partial charge in [0.25, 0.3) is 0 Å². The van der Waals surface area contributed by atoms with Crippen LogP contribution in [0.2, 0.25) is 0 Å². The zero-order valence-electron chi connectivity index (χ0n) is 18.3. The number of amides is 2. The molecule has 1 saturated heterocycles. The van der Waals surface area contributed by atoms with Gasteiger partial charge in [0.1, 0.15) is 11.5 Å². The maximum atomic E-state index is 12.5. The highest BCUT2D eigenvalue weighted by Gasteiger charge is 2.50. The van der Waals surface area contributed by atoms with Crippen molar-refractivity contribution >= 4 is 12.0 Å². The molecule has 0 bridgehead atoms. The van der Waals surface area contributed by atoms with Crippen LogP contribution in [0.3, 0.4) is 0 Å². The number of rotatable bonds is 4. The number of ether oxygens (including phenoxy) is 3. The standard InChI is InChI=1S/C24H28N2O5/c1-15-10-17(30-13-20(27)29-4)11-19-21(15)18(16-8-6-5-7-9-16)12-24(31-19)14-23(2,3)25-22(28)26-24/h5-11,18H,12-14H2,1-4H3,(H2,25,26,28)/t18-,24-/m1/s1. The number of nitrogens with one attached hydrogen (secondary N) is 2. The predicted octanol–water partition coefficient (Wildman–Crippen LogP) is 3.64. The molecule has 7 nitrogen and oxygen atoms in total. The van der Waals surface area contributed by atoms with E-state index in [0.29, 0.717) is 24.3 Å². The molecule has 2 aliphatic heterocycles. The minimum atomic E-state index is -0.854. The molecule has 0 aromatic heterocycles. The average molecular weight is 424 g/mol. The molecule has 2 amide bonds. The molecule has 7 heteroatoms. The minimum absolute atomic E-state index is 0.0359. The molecule has 2 aliphatic rings. The highest BCUT2D eigenvalue weighted by molar-refractivity contribution is 5.77. The number of carbonyl (C=O) groups excluding carboxylic acids is 2. The maximum Gasteiger partial charge on any atom is 0.343 e. The van der Waals surface area contributed by atoms with Gasteiger partial charge in [-0.1, -0.05) is 30.3 Å². The lowest BCUT2D eigenvalue weighted by Gasteiger charge is -2.49. The number of aryl methyl sites for hydroxylation is 1. The van der Waals surface area contributed by atoms with Crippen molar-refractivity contribution in [1.29, 1.82) is 0 Å². The third-order valence-corrected chi connectivity index (χ3v) is 5.82. The fourth-order valence-corrected chi connectivity index (χ4v) is 4.74. The van der Waals surface area contributed by atoms with Gasteiger partial charge in [0, 0.05) is 35.9 Å². The molecular formula is C24H28N2O5. The van der Waals surface area contributed by atoms with Crippen molar-refractivity contribution in [1.82, 2.24) is 10.6 Å². The summed E-state index contributed by atoms with van der Waals surface area (Å²) in [6.07, 6.45) is 1.21. The quantitative estimate of drug-likeness (QED) is 0.732. The largest absolute Gasteiger partial charge is 0.482 e. The van der Waals surface area contributed by atoms with Crippen LogP contribution in [0.15, 0.2) is 42.5 Å². The van der Waals surface area contributed by atoms with E-state index in [1.54, 1.807) is 6.07 Å². The lowest BCUT2D eigenvalue weighted by molar-refractivity contribution is -0.142. The van der Waals surface area contributed by atoms with Gasteiger partial charge in [-0.15, -0.1) is 0 Å². The summed E-state index contributed by atoms with van der Waals surface area (Å²) in [5.41, 5.74) is 1.94. The number of hydrogen-bond acceptors (Lipinski definition) is 5. The number of urea groups is 1. The molecule has 164 valence electrons. The van der Waals surface area contributed by atoms with E-state index in [2.05, 4.69) is 27.5 Å². The highest BCUT2D eigenvalue weighted by Crippen LogP contribution is 2.49. The number of esters is 1. The Morgan fingerprint density at radius 3 is 2.61 bits per heavy atom. The van der Waals surface area contributed by atoms with Crippen LogP contribution in [0, 0.1) is 6.92 Å². The van der Waals surface area contributed by atoms with Crippen LogP contribution >= 0.6 is 0 Å². The van der Waals surface area contributed by atoms with E-state index >= 15 is 0 Å². The average Bonchev–Trinajstić information content (AvgIpc) is 2.70. The summed E-state index contributed by atoms with van der Waals surface area (Å²) in [5.74, 6) is 0.749. The molecule has 0 unspecified atom stereocenters. The Morgan fingerprint density at radius 2 is 1.94 bits per heavy atom. The maximum absolute atomic E-state index is 12.5. The monoisotopic (exact) mass is 424 g/mol. The summed E-state index contributed by atoms with van der Waals surface area (Å²) in [6, 6.07) is 13.7. The SMILES string of the molecule is COC(=O)COc1cc(C)c2c(c1)O[C@]1(C[C@@H]2c2ccccc2)CC(C)(C)NC(=O)N1. The summed E-state index contributed by atoms with van der Waals surface area (Å²) in [5, 5.41) is 6.00. The molecule has 2 aromatic rings. The smallest absolute Gasteiger partial charge is 0.343 e. The van der Waals surface area contributed by atoms with Crippen molar-refractivity contribution in [3.63, 3.8) is 0 Å². The molecule has 0 radical (unpaired) electrons. The van der Waals surface area contributed by atoms with Crippen LogP contribution in [0.25, 0.3) is 0 Å². The van der Waals surface area contributed by atoms with Gasteiger partial charge in [-0.3, -0.25) is 0 Å². The van der Waals surface area contributed by atoms with Crippen molar-refractivity contribution < 1.29 is 23.8 Å². The van der Waals surface area contributed by atoms with Gasteiger partial charge in [0.2, 0.25) is 0 Å². The molecule has 2 heterocycles. The molecule has 1 spiro atoms. The summed E-state index contributed by atoms with van der Waals surface area (Å²) in [7, 11) is 1.32. The van der Waals surface area contributed by atoms with E-state index < -0.39 is 17.2 Å². The van der Waals surface area contributed by atoms with Gasteiger partial charge in [-0.05, 0) is 38.0 Å². The van der Waals surface area contributed by atoms with Crippen LogP contribution in [0.4, 0.5) is 4.79 Å². The number of methoxy groups -OCH3 is 1. The van der Waals surface area contributed by atoms with Crippen LogP contribution in [-0.2, 0) is 9.53 Å². The van der Waals surface area contributed by atoms with Gasteiger partial charge in [-0.2, -0.15) is 0 Å². The van der Waals surface area contributed by atoms with E-state index in [0.717, 1.165) is 16.7 Å². The van der Waals surface area contributed by atoms with E-state index in [1.165, 1.54) is 7.11 Å². The molecule has 2 atom stereocenters. The van der Waals surface area contributed by atoms with Crippen molar-refractivity contribution in [2.75, 3.05) is 13.7 Å². The van der Waals surface area contributed by atoms with Crippen LogP contribution in [-0.4, -0.2) is 37.0 Å². The fraction of sp³-hybridized carbons (Fsp3) is 0.417. The summed E-state index contributed by atoms with van der Waals surface area (Å²) in [4.78, 5) is 24.0.